The number of hydrogen-bond acceptors (Lipinski definition) is 4. The number of aliphatic hydroxyl groups is 1. The van der Waals surface area contributed by atoms with Crippen molar-refractivity contribution in [2.75, 3.05) is 26.3 Å². The van der Waals surface area contributed by atoms with Crippen LogP contribution < -0.4 is 0 Å². The highest BCUT2D eigenvalue weighted by molar-refractivity contribution is 5.42. The van der Waals surface area contributed by atoms with Crippen molar-refractivity contribution < 1.29 is 9.84 Å². The molecule has 0 saturated carbocycles. The smallest absolute Gasteiger partial charge is 0.0727 e. The first kappa shape index (κ1) is 19.6. The maximum atomic E-state index is 11.4. The Morgan fingerprint density at radius 1 is 1.21 bits per heavy atom. The van der Waals surface area contributed by atoms with E-state index in [0.717, 1.165) is 69.2 Å². The SMILES string of the molecule is Cc1cc(C)n(-c2ccccc2CN2CCC(O)(C3CCOCC3)C(C)C2)n1. The monoisotopic (exact) mass is 383 g/mol. The molecule has 0 aliphatic carbocycles. The van der Waals surface area contributed by atoms with Crippen LogP contribution in [-0.4, -0.2) is 51.7 Å². The van der Waals surface area contributed by atoms with Crippen molar-refractivity contribution in [3.8, 4) is 5.69 Å². The lowest BCUT2D eigenvalue weighted by molar-refractivity contribution is -0.131. The third kappa shape index (κ3) is 3.76. The van der Waals surface area contributed by atoms with E-state index >= 15 is 0 Å². The lowest BCUT2D eigenvalue weighted by atomic mass is 9.70. The molecule has 3 heterocycles. The summed E-state index contributed by atoms with van der Waals surface area (Å²) in [5.41, 5.74) is 4.10. The van der Waals surface area contributed by atoms with Gasteiger partial charge in [0.25, 0.3) is 0 Å². The van der Waals surface area contributed by atoms with E-state index in [2.05, 4.69) is 58.9 Å². The third-order valence-electron chi connectivity index (χ3n) is 6.77. The van der Waals surface area contributed by atoms with Crippen LogP contribution in [0.3, 0.4) is 0 Å². The van der Waals surface area contributed by atoms with Crippen molar-refractivity contribution >= 4 is 0 Å². The summed E-state index contributed by atoms with van der Waals surface area (Å²) in [6.07, 6.45) is 2.82. The van der Waals surface area contributed by atoms with Gasteiger partial charge in [-0.3, -0.25) is 4.90 Å². The number of ether oxygens (including phenoxy) is 1. The van der Waals surface area contributed by atoms with Crippen LogP contribution in [0.1, 0.15) is 43.1 Å². The van der Waals surface area contributed by atoms with E-state index in [1.165, 1.54) is 5.56 Å². The van der Waals surface area contributed by atoms with Crippen molar-refractivity contribution in [2.45, 2.75) is 52.2 Å². The van der Waals surface area contributed by atoms with Crippen LogP contribution in [0, 0.1) is 25.7 Å². The highest BCUT2D eigenvalue weighted by atomic mass is 16.5. The number of piperidine rings is 1. The van der Waals surface area contributed by atoms with Crippen molar-refractivity contribution in [2.24, 2.45) is 11.8 Å². The normalized spacial score (nSPS) is 27.2. The molecule has 2 aliphatic heterocycles. The van der Waals surface area contributed by atoms with Gasteiger partial charge >= 0.3 is 0 Å². The predicted octanol–water partition coefficient (Wildman–Crippen LogP) is 3.49. The summed E-state index contributed by atoms with van der Waals surface area (Å²) in [5, 5.41) is 16.1. The lowest BCUT2D eigenvalue weighted by Gasteiger charge is -2.48. The van der Waals surface area contributed by atoms with Crippen LogP contribution in [0.4, 0.5) is 0 Å². The number of aryl methyl sites for hydroxylation is 2. The Morgan fingerprint density at radius 3 is 2.64 bits per heavy atom. The summed E-state index contributed by atoms with van der Waals surface area (Å²) in [6.45, 7) is 10.7. The standard InChI is InChI=1S/C23H33N3O2/c1-17-15-25(11-10-23(17,27)21-8-12-28-13-9-21)16-20-6-4-5-7-22(20)26-19(3)14-18(2)24-26/h4-7,14,17,21,27H,8-13,15-16H2,1-3H3. The Hall–Kier alpha value is -1.69. The first-order valence-electron chi connectivity index (χ1n) is 10.6. The Labute approximate surface area is 168 Å². The second kappa shape index (κ2) is 7.97. The van der Waals surface area contributed by atoms with Crippen LogP contribution in [0.25, 0.3) is 5.69 Å². The van der Waals surface area contributed by atoms with Gasteiger partial charge in [-0.2, -0.15) is 5.10 Å². The molecule has 5 heteroatoms. The molecule has 2 aliphatic rings. The van der Waals surface area contributed by atoms with Gasteiger partial charge in [0.2, 0.25) is 0 Å². The molecule has 1 N–H and O–H groups in total. The summed E-state index contributed by atoms with van der Waals surface area (Å²) in [5.74, 6) is 0.644. The van der Waals surface area contributed by atoms with E-state index in [1.54, 1.807) is 0 Å². The molecule has 1 aromatic heterocycles. The van der Waals surface area contributed by atoms with Gasteiger partial charge in [-0.05, 0) is 62.6 Å². The molecule has 2 atom stereocenters. The molecule has 152 valence electrons. The molecular weight excluding hydrogens is 350 g/mol. The van der Waals surface area contributed by atoms with Crippen molar-refractivity contribution in [3.05, 3.63) is 47.3 Å². The Bertz CT molecular complexity index is 812. The molecule has 2 saturated heterocycles. The number of para-hydroxylation sites is 1. The van der Waals surface area contributed by atoms with Crippen LogP contribution >= 0.6 is 0 Å². The van der Waals surface area contributed by atoms with Crippen molar-refractivity contribution in [1.82, 2.24) is 14.7 Å². The van der Waals surface area contributed by atoms with Gasteiger partial charge in [0.05, 0.1) is 17.0 Å². The topological polar surface area (TPSA) is 50.5 Å². The zero-order chi connectivity index (χ0) is 19.7. The minimum atomic E-state index is -0.546. The predicted molar refractivity (Wildman–Crippen MR) is 111 cm³/mol. The Balaban J connectivity index is 1.49. The summed E-state index contributed by atoms with van der Waals surface area (Å²) in [7, 11) is 0. The quantitative estimate of drug-likeness (QED) is 0.878. The van der Waals surface area contributed by atoms with Gasteiger partial charge in [-0.15, -0.1) is 0 Å². The van der Waals surface area contributed by atoms with Crippen LogP contribution in [0.15, 0.2) is 30.3 Å². The molecular formula is C23H33N3O2. The number of rotatable bonds is 4. The van der Waals surface area contributed by atoms with Gasteiger partial charge in [-0.1, -0.05) is 25.1 Å². The highest BCUT2D eigenvalue weighted by Gasteiger charge is 2.45. The Morgan fingerprint density at radius 2 is 1.96 bits per heavy atom. The number of hydrogen-bond donors (Lipinski definition) is 1. The number of nitrogens with zero attached hydrogens (tertiary/aromatic N) is 3. The number of aromatic nitrogens is 2. The zero-order valence-electron chi connectivity index (χ0n) is 17.4. The molecule has 2 unspecified atom stereocenters. The third-order valence-corrected chi connectivity index (χ3v) is 6.77. The maximum Gasteiger partial charge on any atom is 0.0727 e. The van der Waals surface area contributed by atoms with Crippen LogP contribution in [-0.2, 0) is 11.3 Å². The zero-order valence-corrected chi connectivity index (χ0v) is 17.4. The molecule has 0 bridgehead atoms. The van der Waals surface area contributed by atoms with E-state index in [1.807, 2.05) is 6.92 Å². The number of likely N-dealkylation sites (tertiary alicyclic amines) is 1. The molecule has 28 heavy (non-hydrogen) atoms. The molecule has 5 nitrogen and oxygen atoms in total. The van der Waals surface area contributed by atoms with Crippen molar-refractivity contribution in [1.29, 1.82) is 0 Å². The van der Waals surface area contributed by atoms with Gasteiger partial charge in [0.15, 0.2) is 0 Å². The second-order valence-corrected chi connectivity index (χ2v) is 8.73. The molecule has 2 aromatic rings. The van der Waals surface area contributed by atoms with Crippen LogP contribution in [0.2, 0.25) is 0 Å². The number of benzene rings is 1. The summed E-state index contributed by atoms with van der Waals surface area (Å²) >= 11 is 0. The van der Waals surface area contributed by atoms with Gasteiger partial charge < -0.3 is 9.84 Å². The summed E-state index contributed by atoms with van der Waals surface area (Å²) in [6, 6.07) is 10.7. The fourth-order valence-corrected chi connectivity index (χ4v) is 5.13. The lowest BCUT2D eigenvalue weighted by Crippen LogP contribution is -2.55. The Kier molecular flexibility index (Phi) is 5.59. The van der Waals surface area contributed by atoms with Gasteiger partial charge in [0.1, 0.15) is 0 Å². The van der Waals surface area contributed by atoms with E-state index in [4.69, 9.17) is 4.74 Å². The largest absolute Gasteiger partial charge is 0.389 e. The fourth-order valence-electron chi connectivity index (χ4n) is 5.13. The first-order chi connectivity index (χ1) is 13.5. The average molecular weight is 384 g/mol. The molecule has 0 spiro atoms. The van der Waals surface area contributed by atoms with E-state index in [9.17, 15) is 5.11 Å². The first-order valence-corrected chi connectivity index (χ1v) is 10.6. The average Bonchev–Trinajstić information content (AvgIpc) is 3.04. The van der Waals surface area contributed by atoms with Crippen LogP contribution in [0.5, 0.6) is 0 Å². The molecule has 2 fully saturated rings. The molecule has 1 aromatic carbocycles. The molecule has 4 rings (SSSR count). The summed E-state index contributed by atoms with van der Waals surface area (Å²) in [4.78, 5) is 2.49. The van der Waals surface area contributed by atoms with Gasteiger partial charge in [0, 0.05) is 38.5 Å². The second-order valence-electron chi connectivity index (χ2n) is 8.73. The van der Waals surface area contributed by atoms with Crippen molar-refractivity contribution in [3.63, 3.8) is 0 Å². The minimum Gasteiger partial charge on any atom is -0.389 e. The van der Waals surface area contributed by atoms with E-state index in [0.29, 0.717) is 5.92 Å². The van der Waals surface area contributed by atoms with E-state index < -0.39 is 5.60 Å². The minimum absolute atomic E-state index is 0.269. The molecule has 0 amide bonds. The van der Waals surface area contributed by atoms with E-state index in [-0.39, 0.29) is 5.92 Å². The summed E-state index contributed by atoms with van der Waals surface area (Å²) < 4.78 is 7.56. The molecule has 0 radical (unpaired) electrons. The van der Waals surface area contributed by atoms with Gasteiger partial charge in [-0.25, -0.2) is 4.68 Å². The fraction of sp³-hybridized carbons (Fsp3) is 0.609. The maximum absolute atomic E-state index is 11.4. The highest BCUT2D eigenvalue weighted by Crippen LogP contribution is 2.39.